The van der Waals surface area contributed by atoms with Crippen molar-refractivity contribution in [2.45, 2.75) is 26.3 Å². The number of rotatable bonds is 1. The van der Waals surface area contributed by atoms with Crippen LogP contribution in [-0.4, -0.2) is 6.54 Å². The second-order valence-corrected chi connectivity index (χ2v) is 5.72. The van der Waals surface area contributed by atoms with E-state index >= 15 is 0 Å². The summed E-state index contributed by atoms with van der Waals surface area (Å²) in [6, 6.07) is 13.1. The van der Waals surface area contributed by atoms with E-state index in [1.165, 1.54) is 27.8 Å². The summed E-state index contributed by atoms with van der Waals surface area (Å²) >= 11 is 6.44. The van der Waals surface area contributed by atoms with E-state index in [1.54, 1.807) is 0 Å². The number of fused-ring (bicyclic) bond motifs is 1. The van der Waals surface area contributed by atoms with Gasteiger partial charge in [-0.1, -0.05) is 47.5 Å². The Labute approximate surface area is 119 Å². The largest absolute Gasteiger partial charge is 0.306 e. The van der Waals surface area contributed by atoms with Crippen LogP contribution in [-0.2, 0) is 6.42 Å². The van der Waals surface area contributed by atoms with Crippen LogP contribution in [0.2, 0.25) is 5.02 Å². The van der Waals surface area contributed by atoms with Gasteiger partial charge in [0, 0.05) is 11.6 Å². The monoisotopic (exact) mass is 271 g/mol. The molecule has 0 fully saturated rings. The molecule has 3 rings (SSSR count). The number of hydrogen-bond acceptors (Lipinski definition) is 1. The van der Waals surface area contributed by atoms with E-state index in [1.807, 2.05) is 12.1 Å². The molecule has 0 aromatic heterocycles. The van der Waals surface area contributed by atoms with Crippen molar-refractivity contribution in [1.82, 2.24) is 5.32 Å². The molecule has 0 radical (unpaired) electrons. The molecule has 0 bridgehead atoms. The Morgan fingerprint density at radius 3 is 2.84 bits per heavy atom. The first kappa shape index (κ1) is 12.7. The predicted octanol–water partition coefficient (Wildman–Crippen LogP) is 4.19. The number of halogens is 1. The minimum atomic E-state index is 0.220. The van der Waals surface area contributed by atoms with Crippen LogP contribution in [0.5, 0.6) is 0 Å². The van der Waals surface area contributed by atoms with E-state index in [0.29, 0.717) is 0 Å². The van der Waals surface area contributed by atoms with Crippen molar-refractivity contribution < 1.29 is 0 Å². The molecular weight excluding hydrogens is 254 g/mol. The Kier molecular flexibility index (Phi) is 3.34. The molecule has 0 spiro atoms. The molecule has 1 unspecified atom stereocenters. The van der Waals surface area contributed by atoms with Crippen LogP contribution in [0.4, 0.5) is 0 Å². The zero-order valence-corrected chi connectivity index (χ0v) is 12.1. The Bertz CT molecular complexity index is 619. The van der Waals surface area contributed by atoms with Crippen LogP contribution >= 0.6 is 11.6 Å². The van der Waals surface area contributed by atoms with Gasteiger partial charge >= 0.3 is 0 Å². The molecule has 1 aliphatic rings. The van der Waals surface area contributed by atoms with Crippen molar-refractivity contribution in [2.75, 3.05) is 6.54 Å². The zero-order chi connectivity index (χ0) is 13.4. The highest BCUT2D eigenvalue weighted by molar-refractivity contribution is 6.31. The van der Waals surface area contributed by atoms with Gasteiger partial charge in [-0.05, 0) is 48.6 Å². The van der Waals surface area contributed by atoms with E-state index in [2.05, 4.69) is 43.4 Å². The lowest BCUT2D eigenvalue weighted by Gasteiger charge is -2.29. The van der Waals surface area contributed by atoms with Gasteiger partial charge < -0.3 is 5.32 Å². The summed E-state index contributed by atoms with van der Waals surface area (Å²) in [4.78, 5) is 0. The minimum absolute atomic E-state index is 0.220. The summed E-state index contributed by atoms with van der Waals surface area (Å²) in [6.45, 7) is 5.31. The van der Waals surface area contributed by atoms with Crippen LogP contribution in [0.3, 0.4) is 0 Å². The van der Waals surface area contributed by atoms with Crippen LogP contribution < -0.4 is 5.32 Å². The average Bonchev–Trinajstić information content (AvgIpc) is 2.41. The summed E-state index contributed by atoms with van der Waals surface area (Å²) in [5, 5.41) is 4.49. The van der Waals surface area contributed by atoms with Crippen LogP contribution in [0.15, 0.2) is 36.4 Å². The normalized spacial score (nSPS) is 18.2. The molecule has 2 heteroatoms. The van der Waals surface area contributed by atoms with Crippen molar-refractivity contribution in [1.29, 1.82) is 0 Å². The van der Waals surface area contributed by atoms with Gasteiger partial charge in [0.15, 0.2) is 0 Å². The quantitative estimate of drug-likeness (QED) is 0.820. The Hall–Kier alpha value is -1.31. The van der Waals surface area contributed by atoms with E-state index in [4.69, 9.17) is 11.6 Å². The van der Waals surface area contributed by atoms with Gasteiger partial charge in [0.25, 0.3) is 0 Å². The highest BCUT2D eigenvalue weighted by atomic mass is 35.5. The van der Waals surface area contributed by atoms with Gasteiger partial charge in [0.2, 0.25) is 0 Å². The van der Waals surface area contributed by atoms with Crippen molar-refractivity contribution in [3.63, 3.8) is 0 Å². The highest BCUT2D eigenvalue weighted by Crippen LogP contribution is 2.35. The second kappa shape index (κ2) is 4.99. The first-order valence-corrected chi connectivity index (χ1v) is 7.12. The molecule has 0 saturated carbocycles. The van der Waals surface area contributed by atoms with Crippen LogP contribution in [0.25, 0.3) is 0 Å². The zero-order valence-electron chi connectivity index (χ0n) is 11.3. The standard InChI is InChI=1S/C17H18ClN/c1-11-6-7-12(2)14(10-11)17-16-13(8-9-19-17)4-3-5-15(16)18/h3-7,10,17,19H,8-9H2,1-2H3. The molecule has 1 nitrogen and oxygen atoms in total. The molecule has 19 heavy (non-hydrogen) atoms. The molecule has 1 N–H and O–H groups in total. The molecular formula is C17H18ClN. The van der Waals surface area contributed by atoms with Crippen molar-refractivity contribution in [3.05, 3.63) is 69.2 Å². The predicted molar refractivity (Wildman–Crippen MR) is 80.9 cm³/mol. The maximum Gasteiger partial charge on any atom is 0.0597 e. The van der Waals surface area contributed by atoms with Gasteiger partial charge in [-0.25, -0.2) is 0 Å². The molecule has 0 amide bonds. The molecule has 2 aromatic rings. The lowest BCUT2D eigenvalue weighted by atomic mass is 9.87. The van der Waals surface area contributed by atoms with E-state index in [-0.39, 0.29) is 6.04 Å². The molecule has 1 aliphatic heterocycles. The van der Waals surface area contributed by atoms with Gasteiger partial charge in [0.05, 0.1) is 6.04 Å². The minimum Gasteiger partial charge on any atom is -0.306 e. The van der Waals surface area contributed by atoms with Gasteiger partial charge in [-0.3, -0.25) is 0 Å². The third kappa shape index (κ3) is 2.29. The summed E-state index contributed by atoms with van der Waals surface area (Å²) in [5.74, 6) is 0. The lowest BCUT2D eigenvalue weighted by molar-refractivity contribution is 0.566. The number of nitrogens with one attached hydrogen (secondary N) is 1. The van der Waals surface area contributed by atoms with Crippen LogP contribution in [0.1, 0.15) is 33.9 Å². The Balaban J connectivity index is 2.16. The van der Waals surface area contributed by atoms with E-state index < -0.39 is 0 Å². The third-order valence-corrected chi connectivity index (χ3v) is 4.25. The van der Waals surface area contributed by atoms with Crippen molar-refractivity contribution in [2.24, 2.45) is 0 Å². The molecule has 2 aromatic carbocycles. The molecule has 1 atom stereocenters. The molecule has 1 heterocycles. The first-order chi connectivity index (χ1) is 9.16. The van der Waals surface area contributed by atoms with Gasteiger partial charge in [-0.2, -0.15) is 0 Å². The van der Waals surface area contributed by atoms with Crippen molar-refractivity contribution in [3.8, 4) is 0 Å². The lowest BCUT2D eigenvalue weighted by Crippen LogP contribution is -2.31. The summed E-state index contributed by atoms with van der Waals surface area (Å²) in [7, 11) is 0. The molecule has 0 saturated heterocycles. The van der Waals surface area contributed by atoms with Gasteiger partial charge in [-0.15, -0.1) is 0 Å². The Morgan fingerprint density at radius 2 is 2.00 bits per heavy atom. The number of aryl methyl sites for hydroxylation is 2. The van der Waals surface area contributed by atoms with E-state index in [9.17, 15) is 0 Å². The SMILES string of the molecule is Cc1ccc(C)c(C2NCCc3cccc(Cl)c32)c1. The highest BCUT2D eigenvalue weighted by Gasteiger charge is 2.24. The fourth-order valence-electron chi connectivity index (χ4n) is 2.91. The Morgan fingerprint density at radius 1 is 1.16 bits per heavy atom. The fourth-order valence-corrected chi connectivity index (χ4v) is 3.22. The summed E-state index contributed by atoms with van der Waals surface area (Å²) < 4.78 is 0. The topological polar surface area (TPSA) is 12.0 Å². The number of hydrogen-bond donors (Lipinski definition) is 1. The smallest absolute Gasteiger partial charge is 0.0597 e. The van der Waals surface area contributed by atoms with E-state index in [0.717, 1.165) is 18.0 Å². The number of benzene rings is 2. The summed E-state index contributed by atoms with van der Waals surface area (Å²) in [5.41, 5.74) is 6.58. The van der Waals surface area contributed by atoms with Crippen LogP contribution in [0, 0.1) is 13.8 Å². The second-order valence-electron chi connectivity index (χ2n) is 5.31. The maximum absolute atomic E-state index is 6.44. The molecule has 0 aliphatic carbocycles. The summed E-state index contributed by atoms with van der Waals surface area (Å²) in [6.07, 6.45) is 1.05. The maximum atomic E-state index is 6.44. The third-order valence-electron chi connectivity index (χ3n) is 3.92. The average molecular weight is 272 g/mol. The van der Waals surface area contributed by atoms with Crippen molar-refractivity contribution >= 4 is 11.6 Å². The first-order valence-electron chi connectivity index (χ1n) is 6.74. The molecule has 98 valence electrons. The fraction of sp³-hybridized carbons (Fsp3) is 0.294. The van der Waals surface area contributed by atoms with Gasteiger partial charge in [0.1, 0.15) is 0 Å².